The number of carbonyl (C=O) groups is 1. The molecule has 0 radical (unpaired) electrons. The molecular weight excluding hydrogens is 204 g/mol. The molecule has 1 aromatic rings. The minimum Gasteiger partial charge on any atom is -0.495 e. The van der Waals surface area contributed by atoms with Gasteiger partial charge in [-0.3, -0.25) is 0 Å². The van der Waals surface area contributed by atoms with Gasteiger partial charge in [0.1, 0.15) is 5.75 Å². The molecular formula is C9H11ClN2O2. The van der Waals surface area contributed by atoms with Crippen LogP contribution in [0.4, 0.5) is 10.5 Å². The Kier molecular flexibility index (Phi) is 2.34. The first-order valence-electron chi connectivity index (χ1n) is 5.24. The molecule has 5 heteroatoms. The van der Waals surface area contributed by atoms with Crippen LogP contribution in [-0.2, 0) is 0 Å². The second-order valence-corrected chi connectivity index (χ2v) is 2.84. The van der Waals surface area contributed by atoms with Crippen LogP contribution in [0.3, 0.4) is 0 Å². The maximum atomic E-state index is 11.2. The van der Waals surface area contributed by atoms with Gasteiger partial charge in [-0.25, -0.2) is 4.79 Å². The van der Waals surface area contributed by atoms with Gasteiger partial charge in [0.15, 0.2) is 0 Å². The molecule has 0 spiro atoms. The van der Waals surface area contributed by atoms with Crippen molar-refractivity contribution in [2.75, 3.05) is 19.4 Å². The van der Waals surface area contributed by atoms with Gasteiger partial charge in [0.05, 0.1) is 12.1 Å². The molecule has 4 nitrogen and oxygen atoms in total. The lowest BCUT2D eigenvalue weighted by molar-refractivity contribution is 0.254. The molecule has 2 amide bonds. The fourth-order valence-electron chi connectivity index (χ4n) is 0.906. The van der Waals surface area contributed by atoms with E-state index in [4.69, 9.17) is 20.5 Å². The molecule has 0 bridgehead atoms. The van der Waals surface area contributed by atoms with Crippen molar-refractivity contribution in [2.45, 2.75) is 0 Å². The van der Waals surface area contributed by atoms with Crippen LogP contribution in [0.25, 0.3) is 0 Å². The van der Waals surface area contributed by atoms with E-state index < -0.39 is 13.0 Å². The van der Waals surface area contributed by atoms with Crippen molar-refractivity contribution in [1.82, 2.24) is 5.32 Å². The van der Waals surface area contributed by atoms with E-state index in [1.54, 1.807) is 17.4 Å². The van der Waals surface area contributed by atoms with Crippen molar-refractivity contribution in [3.8, 4) is 5.75 Å². The van der Waals surface area contributed by atoms with E-state index in [0.29, 0.717) is 16.5 Å². The number of amides is 2. The van der Waals surface area contributed by atoms with Crippen LogP contribution >= 0.6 is 11.6 Å². The molecule has 0 aliphatic rings. The van der Waals surface area contributed by atoms with Gasteiger partial charge >= 0.3 is 6.03 Å². The molecule has 1 rings (SSSR count). The van der Waals surface area contributed by atoms with E-state index in [1.807, 2.05) is 0 Å². The number of carbonyl (C=O) groups excluding carboxylic acids is 1. The van der Waals surface area contributed by atoms with Crippen LogP contribution in [0.15, 0.2) is 18.2 Å². The summed E-state index contributed by atoms with van der Waals surface area (Å²) < 4.78 is 25.5. The summed E-state index contributed by atoms with van der Waals surface area (Å²) in [6.07, 6.45) is 0. The van der Waals surface area contributed by atoms with Crippen molar-refractivity contribution >= 4 is 23.3 Å². The van der Waals surface area contributed by atoms with E-state index >= 15 is 0 Å². The van der Waals surface area contributed by atoms with Crippen molar-refractivity contribution in [1.29, 1.82) is 0 Å². The Morgan fingerprint density at radius 2 is 2.43 bits per heavy atom. The summed E-state index contributed by atoms with van der Waals surface area (Å²) in [5.74, 6) is 0.466. The molecule has 14 heavy (non-hydrogen) atoms. The number of rotatable bonds is 2. The molecule has 0 aromatic heterocycles. The Balaban J connectivity index is 2.69. The van der Waals surface area contributed by atoms with Crippen LogP contribution in [0.5, 0.6) is 5.75 Å². The first-order chi connectivity index (χ1) is 7.81. The summed E-state index contributed by atoms with van der Waals surface area (Å²) in [5.41, 5.74) is 0.373. The Morgan fingerprint density at radius 3 is 3.00 bits per heavy atom. The van der Waals surface area contributed by atoms with E-state index in [9.17, 15) is 4.79 Å². The molecule has 0 unspecified atom stereocenters. The zero-order valence-electron chi connectivity index (χ0n) is 10.4. The third-order valence-electron chi connectivity index (χ3n) is 1.52. The molecule has 0 aliphatic heterocycles. The quantitative estimate of drug-likeness (QED) is 0.797. The van der Waals surface area contributed by atoms with Gasteiger partial charge in [0.2, 0.25) is 0 Å². The molecule has 0 fully saturated rings. The number of halogens is 1. The molecule has 1 aromatic carbocycles. The standard InChI is InChI=1S/C9H11ClN2O2/c1-11-9(13)12-6-3-4-8(14-2)7(10)5-6/h3-5H,1-2H3,(H2,11,12,13)/i1D3. The van der Waals surface area contributed by atoms with Gasteiger partial charge in [-0.15, -0.1) is 0 Å². The number of hydrogen-bond donors (Lipinski definition) is 2. The maximum Gasteiger partial charge on any atom is 0.318 e. The van der Waals surface area contributed by atoms with Gasteiger partial charge in [0.25, 0.3) is 0 Å². The minimum absolute atomic E-state index is 0.319. The number of urea groups is 1. The summed E-state index contributed by atoms with van der Waals surface area (Å²) in [4.78, 5) is 11.2. The first kappa shape index (κ1) is 6.95. The summed E-state index contributed by atoms with van der Waals surface area (Å²) in [6, 6.07) is 3.74. The number of anilines is 1. The highest BCUT2D eigenvalue weighted by molar-refractivity contribution is 6.32. The van der Waals surface area contributed by atoms with Crippen LogP contribution in [0.2, 0.25) is 5.02 Å². The number of hydrogen-bond acceptors (Lipinski definition) is 2. The Morgan fingerprint density at radius 1 is 1.64 bits per heavy atom. The monoisotopic (exact) mass is 217 g/mol. The summed E-state index contributed by atoms with van der Waals surface area (Å²) >= 11 is 5.84. The highest BCUT2D eigenvalue weighted by Gasteiger charge is 2.03. The highest BCUT2D eigenvalue weighted by atomic mass is 35.5. The lowest BCUT2D eigenvalue weighted by Gasteiger charge is -2.07. The van der Waals surface area contributed by atoms with E-state index in [2.05, 4.69) is 5.32 Å². The molecule has 0 atom stereocenters. The first-order valence-corrected chi connectivity index (χ1v) is 4.12. The Labute approximate surface area is 91.4 Å². The van der Waals surface area contributed by atoms with E-state index in [-0.39, 0.29) is 0 Å². The lowest BCUT2D eigenvalue weighted by atomic mass is 10.3. The zero-order valence-corrected chi connectivity index (χ0v) is 8.18. The fourth-order valence-corrected chi connectivity index (χ4v) is 1.16. The third-order valence-corrected chi connectivity index (χ3v) is 1.82. The fraction of sp³-hybridized carbons (Fsp3) is 0.222. The average Bonchev–Trinajstić information content (AvgIpc) is 2.14. The second kappa shape index (κ2) is 4.72. The zero-order chi connectivity index (χ0) is 13.1. The normalized spacial score (nSPS) is 13.4. The topological polar surface area (TPSA) is 50.4 Å². The van der Waals surface area contributed by atoms with Crippen molar-refractivity contribution in [3.05, 3.63) is 23.2 Å². The van der Waals surface area contributed by atoms with E-state index in [0.717, 1.165) is 0 Å². The summed E-state index contributed by atoms with van der Waals surface area (Å²) in [5, 5.41) is 4.45. The number of benzene rings is 1. The van der Waals surface area contributed by atoms with Crippen LogP contribution < -0.4 is 15.4 Å². The average molecular weight is 218 g/mol. The third kappa shape index (κ3) is 2.53. The van der Waals surface area contributed by atoms with Crippen molar-refractivity contribution in [2.24, 2.45) is 0 Å². The Bertz CT molecular complexity index is 423. The summed E-state index contributed by atoms with van der Waals surface area (Å²) in [7, 11) is 1.47. The lowest BCUT2D eigenvalue weighted by Crippen LogP contribution is -2.24. The van der Waals surface area contributed by atoms with Crippen LogP contribution in [0, 0.1) is 0 Å². The minimum atomic E-state index is -2.53. The molecule has 76 valence electrons. The van der Waals surface area contributed by atoms with Crippen LogP contribution in [-0.4, -0.2) is 20.1 Å². The van der Waals surface area contributed by atoms with Gasteiger partial charge in [-0.05, 0) is 18.2 Å². The largest absolute Gasteiger partial charge is 0.495 e. The van der Waals surface area contributed by atoms with Gasteiger partial charge in [0, 0.05) is 16.8 Å². The smallest absolute Gasteiger partial charge is 0.318 e. The maximum absolute atomic E-state index is 11.2. The van der Waals surface area contributed by atoms with Gasteiger partial charge in [-0.1, -0.05) is 11.6 Å². The van der Waals surface area contributed by atoms with E-state index in [1.165, 1.54) is 13.2 Å². The number of ether oxygens (including phenoxy) is 1. The number of nitrogens with one attached hydrogen (secondary N) is 2. The summed E-state index contributed by atoms with van der Waals surface area (Å²) in [6.45, 7) is -2.53. The molecule has 0 aliphatic carbocycles. The van der Waals surface area contributed by atoms with Crippen LogP contribution in [0.1, 0.15) is 4.11 Å². The Hall–Kier alpha value is -1.42. The molecule has 0 heterocycles. The van der Waals surface area contributed by atoms with Gasteiger partial charge in [-0.2, -0.15) is 0 Å². The highest BCUT2D eigenvalue weighted by Crippen LogP contribution is 2.26. The molecule has 2 N–H and O–H groups in total. The van der Waals surface area contributed by atoms with Crippen molar-refractivity contribution < 1.29 is 13.6 Å². The van der Waals surface area contributed by atoms with Crippen molar-refractivity contribution in [3.63, 3.8) is 0 Å². The second-order valence-electron chi connectivity index (χ2n) is 2.43. The predicted octanol–water partition coefficient (Wildman–Crippen LogP) is 2.10. The molecule has 0 saturated heterocycles. The van der Waals surface area contributed by atoms with Gasteiger partial charge < -0.3 is 15.4 Å². The predicted molar refractivity (Wildman–Crippen MR) is 56.1 cm³/mol. The number of methoxy groups -OCH3 is 1. The SMILES string of the molecule is [2H]C([2H])([2H])NC(=O)Nc1ccc(OC)c(Cl)c1. The molecule has 0 saturated carbocycles.